The first kappa shape index (κ1) is 16.6. The molecule has 3 rings (SSSR count). The minimum Gasteiger partial charge on any atom is -0.481 e. The van der Waals surface area contributed by atoms with Gasteiger partial charge in [0.2, 0.25) is 0 Å². The molecule has 0 radical (unpaired) electrons. The van der Waals surface area contributed by atoms with Crippen LogP contribution >= 0.6 is 23.2 Å². The predicted molar refractivity (Wildman–Crippen MR) is 99.1 cm³/mol. The number of benzene rings is 3. The molecule has 0 unspecified atom stereocenters. The zero-order valence-corrected chi connectivity index (χ0v) is 14.4. The van der Waals surface area contributed by atoms with Crippen LogP contribution in [0.2, 0.25) is 10.0 Å². The number of hydrogen-bond donors (Lipinski definition) is 1. The Kier molecular flexibility index (Phi) is 4.93. The Morgan fingerprint density at radius 1 is 0.958 bits per heavy atom. The fourth-order valence-electron chi connectivity index (χ4n) is 2.32. The van der Waals surface area contributed by atoms with E-state index in [4.69, 9.17) is 27.9 Å². The van der Waals surface area contributed by atoms with Gasteiger partial charge >= 0.3 is 0 Å². The van der Waals surface area contributed by atoms with E-state index in [1.54, 1.807) is 25.1 Å². The van der Waals surface area contributed by atoms with E-state index in [0.29, 0.717) is 21.5 Å². The molecule has 3 nitrogen and oxygen atoms in total. The molecule has 3 aromatic rings. The second-order valence-electron chi connectivity index (χ2n) is 5.39. The standard InChI is InChI=1S/C19H15Cl2NO2/c1-12(19(23)22-15-7-9-17(20)18(21)11-15)24-16-8-6-13-4-2-3-5-14(13)10-16/h2-12H,1H3,(H,22,23)/t12-/m1/s1. The maximum atomic E-state index is 12.3. The number of carbonyl (C=O) groups is 1. The first-order valence-electron chi connectivity index (χ1n) is 7.44. The summed E-state index contributed by atoms with van der Waals surface area (Å²) in [5.74, 6) is 0.382. The van der Waals surface area contributed by atoms with Gasteiger partial charge in [0.15, 0.2) is 6.10 Å². The van der Waals surface area contributed by atoms with E-state index in [-0.39, 0.29) is 5.91 Å². The van der Waals surface area contributed by atoms with Crippen LogP contribution in [0.4, 0.5) is 5.69 Å². The molecule has 0 aliphatic carbocycles. The number of fused-ring (bicyclic) bond motifs is 1. The molecule has 24 heavy (non-hydrogen) atoms. The summed E-state index contributed by atoms with van der Waals surface area (Å²) in [4.78, 5) is 12.3. The topological polar surface area (TPSA) is 38.3 Å². The minimum absolute atomic E-state index is 0.262. The first-order chi connectivity index (χ1) is 11.5. The minimum atomic E-state index is -0.652. The lowest BCUT2D eigenvalue weighted by molar-refractivity contribution is -0.122. The normalized spacial score (nSPS) is 12.0. The quantitative estimate of drug-likeness (QED) is 0.662. The van der Waals surface area contributed by atoms with E-state index in [9.17, 15) is 4.79 Å². The Hall–Kier alpha value is -2.23. The summed E-state index contributed by atoms with van der Waals surface area (Å²) < 4.78 is 5.74. The van der Waals surface area contributed by atoms with Crippen LogP contribution in [0.1, 0.15) is 6.92 Å². The third kappa shape index (κ3) is 3.81. The lowest BCUT2D eigenvalue weighted by atomic mass is 10.1. The fraction of sp³-hybridized carbons (Fsp3) is 0.105. The lowest BCUT2D eigenvalue weighted by Gasteiger charge is -2.15. The summed E-state index contributed by atoms with van der Waals surface area (Å²) in [5, 5.41) is 5.77. The highest BCUT2D eigenvalue weighted by Gasteiger charge is 2.15. The molecule has 0 saturated carbocycles. The number of amides is 1. The Bertz CT molecular complexity index is 895. The highest BCUT2D eigenvalue weighted by atomic mass is 35.5. The van der Waals surface area contributed by atoms with Crippen molar-refractivity contribution in [1.29, 1.82) is 0 Å². The number of anilines is 1. The molecular weight excluding hydrogens is 345 g/mol. The van der Waals surface area contributed by atoms with Gasteiger partial charge in [0, 0.05) is 5.69 Å². The zero-order valence-electron chi connectivity index (χ0n) is 12.9. The van der Waals surface area contributed by atoms with Crippen molar-refractivity contribution in [2.75, 3.05) is 5.32 Å². The van der Waals surface area contributed by atoms with Gasteiger partial charge in [0.1, 0.15) is 5.75 Å². The monoisotopic (exact) mass is 359 g/mol. The molecule has 3 aromatic carbocycles. The molecule has 1 N–H and O–H groups in total. The summed E-state index contributed by atoms with van der Waals surface area (Å²) in [6.45, 7) is 1.70. The van der Waals surface area contributed by atoms with E-state index < -0.39 is 6.10 Å². The third-order valence-electron chi connectivity index (χ3n) is 3.59. The van der Waals surface area contributed by atoms with Crippen molar-refractivity contribution in [1.82, 2.24) is 0 Å². The van der Waals surface area contributed by atoms with Gasteiger partial charge in [-0.15, -0.1) is 0 Å². The SMILES string of the molecule is C[C@@H](Oc1ccc2ccccc2c1)C(=O)Nc1ccc(Cl)c(Cl)c1. The van der Waals surface area contributed by atoms with Gasteiger partial charge in [-0.1, -0.05) is 53.5 Å². The third-order valence-corrected chi connectivity index (χ3v) is 4.33. The van der Waals surface area contributed by atoms with E-state index in [0.717, 1.165) is 10.8 Å². The maximum Gasteiger partial charge on any atom is 0.265 e. The molecule has 0 heterocycles. The zero-order chi connectivity index (χ0) is 17.1. The second-order valence-corrected chi connectivity index (χ2v) is 6.20. The van der Waals surface area contributed by atoms with Crippen molar-refractivity contribution < 1.29 is 9.53 Å². The predicted octanol–water partition coefficient (Wildman–Crippen LogP) is 5.55. The number of rotatable bonds is 4. The average Bonchev–Trinajstić information content (AvgIpc) is 2.58. The van der Waals surface area contributed by atoms with Crippen LogP contribution < -0.4 is 10.1 Å². The molecule has 0 aliphatic rings. The van der Waals surface area contributed by atoms with Gasteiger partial charge in [-0.05, 0) is 48.0 Å². The maximum absolute atomic E-state index is 12.3. The summed E-state index contributed by atoms with van der Waals surface area (Å²) in [6, 6.07) is 18.6. The highest BCUT2D eigenvalue weighted by Crippen LogP contribution is 2.25. The van der Waals surface area contributed by atoms with Crippen molar-refractivity contribution in [3.05, 3.63) is 70.7 Å². The number of halogens is 2. The molecule has 1 amide bonds. The molecule has 1 atom stereocenters. The van der Waals surface area contributed by atoms with Crippen LogP contribution in [-0.4, -0.2) is 12.0 Å². The summed E-state index contributed by atoms with van der Waals surface area (Å²) >= 11 is 11.8. The van der Waals surface area contributed by atoms with Gasteiger partial charge in [-0.3, -0.25) is 4.79 Å². The van der Waals surface area contributed by atoms with E-state index in [1.165, 1.54) is 0 Å². The number of carbonyl (C=O) groups excluding carboxylic acids is 1. The van der Waals surface area contributed by atoms with Crippen LogP contribution in [0.15, 0.2) is 60.7 Å². The van der Waals surface area contributed by atoms with E-state index in [1.807, 2.05) is 42.5 Å². The molecule has 122 valence electrons. The van der Waals surface area contributed by atoms with E-state index in [2.05, 4.69) is 5.32 Å². The number of ether oxygens (including phenoxy) is 1. The van der Waals surface area contributed by atoms with Crippen LogP contribution in [0.3, 0.4) is 0 Å². The van der Waals surface area contributed by atoms with Crippen LogP contribution in [-0.2, 0) is 4.79 Å². The van der Waals surface area contributed by atoms with Crippen LogP contribution in [0.25, 0.3) is 10.8 Å². The number of hydrogen-bond acceptors (Lipinski definition) is 2. The number of nitrogens with one attached hydrogen (secondary N) is 1. The van der Waals surface area contributed by atoms with Gasteiger partial charge in [0.05, 0.1) is 10.0 Å². The molecule has 0 bridgehead atoms. The Morgan fingerprint density at radius 2 is 1.71 bits per heavy atom. The summed E-state index contributed by atoms with van der Waals surface area (Å²) in [6.07, 6.45) is -0.652. The smallest absolute Gasteiger partial charge is 0.265 e. The largest absolute Gasteiger partial charge is 0.481 e. The van der Waals surface area contributed by atoms with Crippen LogP contribution in [0, 0.1) is 0 Å². The summed E-state index contributed by atoms with van der Waals surface area (Å²) in [5.41, 5.74) is 0.573. The first-order valence-corrected chi connectivity index (χ1v) is 8.20. The van der Waals surface area contributed by atoms with E-state index >= 15 is 0 Å². The molecule has 5 heteroatoms. The Labute approximate surface area is 150 Å². The molecule has 0 saturated heterocycles. The van der Waals surface area contributed by atoms with Crippen molar-refractivity contribution in [2.45, 2.75) is 13.0 Å². The van der Waals surface area contributed by atoms with Crippen molar-refractivity contribution in [3.63, 3.8) is 0 Å². The van der Waals surface area contributed by atoms with Crippen molar-refractivity contribution in [2.24, 2.45) is 0 Å². The molecule has 0 spiro atoms. The fourth-order valence-corrected chi connectivity index (χ4v) is 2.61. The van der Waals surface area contributed by atoms with Gasteiger partial charge in [0.25, 0.3) is 5.91 Å². The van der Waals surface area contributed by atoms with Gasteiger partial charge < -0.3 is 10.1 Å². The van der Waals surface area contributed by atoms with Crippen molar-refractivity contribution >= 4 is 45.6 Å². The average molecular weight is 360 g/mol. The second kappa shape index (κ2) is 7.12. The van der Waals surface area contributed by atoms with Gasteiger partial charge in [-0.2, -0.15) is 0 Å². The Balaban J connectivity index is 1.69. The molecule has 0 fully saturated rings. The lowest BCUT2D eigenvalue weighted by Crippen LogP contribution is -2.30. The Morgan fingerprint density at radius 3 is 2.46 bits per heavy atom. The molecule has 0 aromatic heterocycles. The van der Waals surface area contributed by atoms with Crippen LogP contribution in [0.5, 0.6) is 5.75 Å². The highest BCUT2D eigenvalue weighted by molar-refractivity contribution is 6.42. The molecule has 0 aliphatic heterocycles. The molecular formula is C19H15Cl2NO2. The van der Waals surface area contributed by atoms with Gasteiger partial charge in [-0.25, -0.2) is 0 Å². The van der Waals surface area contributed by atoms with Crippen molar-refractivity contribution in [3.8, 4) is 5.75 Å². The summed E-state index contributed by atoms with van der Waals surface area (Å²) in [7, 11) is 0.